The lowest BCUT2D eigenvalue weighted by atomic mass is 9.60. The number of hydrogen-bond acceptors (Lipinski definition) is 3. The smallest absolute Gasteiger partial charge is 0.321 e. The molecule has 0 aliphatic carbocycles. The zero-order valence-corrected chi connectivity index (χ0v) is 15.9. The highest BCUT2D eigenvalue weighted by molar-refractivity contribution is 7.83. The van der Waals surface area contributed by atoms with Crippen molar-refractivity contribution >= 4 is 24.6 Å². The van der Waals surface area contributed by atoms with Crippen molar-refractivity contribution in [1.82, 2.24) is 0 Å². The van der Waals surface area contributed by atoms with Crippen molar-refractivity contribution in [3.05, 3.63) is 108 Å². The number of aliphatic carboxylic acids is 2. The average molecular weight is 392 g/mol. The van der Waals surface area contributed by atoms with Gasteiger partial charge in [0.1, 0.15) is 4.75 Å². The van der Waals surface area contributed by atoms with Crippen LogP contribution in [0, 0.1) is 0 Å². The Labute approximate surface area is 168 Å². The molecule has 0 saturated carbocycles. The van der Waals surface area contributed by atoms with E-state index in [1.807, 2.05) is 91.0 Å². The third-order valence-electron chi connectivity index (χ3n) is 5.00. The van der Waals surface area contributed by atoms with E-state index in [4.69, 9.17) is 0 Å². The number of thiol groups is 1. The molecule has 0 bridgehead atoms. The van der Waals surface area contributed by atoms with Gasteiger partial charge in [0.25, 0.3) is 0 Å². The SMILES string of the molecule is O=C(O)CC(S)(C(=O)O)C(c1ccccc1)(c1ccccc1)c1ccccc1. The Morgan fingerprint density at radius 1 is 0.679 bits per heavy atom. The first kappa shape index (κ1) is 19.7. The van der Waals surface area contributed by atoms with Gasteiger partial charge in [-0.3, -0.25) is 9.59 Å². The predicted octanol–water partition coefficient (Wildman–Crippen LogP) is 4.25. The van der Waals surface area contributed by atoms with Gasteiger partial charge in [-0.15, -0.1) is 0 Å². The topological polar surface area (TPSA) is 74.6 Å². The standard InChI is InChI=1S/C23H20O4S/c24-20(25)16-22(28,21(26)27)23(17-10-4-1-5-11-17,18-12-6-2-7-13-18)19-14-8-3-9-15-19/h1-15,28H,16H2,(H,24,25)(H,26,27). The first-order chi connectivity index (χ1) is 13.4. The molecule has 3 rings (SSSR count). The maximum atomic E-state index is 12.6. The number of carbonyl (C=O) groups is 2. The van der Waals surface area contributed by atoms with Crippen LogP contribution >= 0.6 is 12.6 Å². The molecule has 1 atom stereocenters. The van der Waals surface area contributed by atoms with E-state index >= 15 is 0 Å². The highest BCUT2D eigenvalue weighted by Crippen LogP contribution is 2.52. The first-order valence-electron chi connectivity index (χ1n) is 8.77. The first-order valence-corrected chi connectivity index (χ1v) is 9.22. The van der Waals surface area contributed by atoms with Crippen molar-refractivity contribution in [2.24, 2.45) is 0 Å². The third-order valence-corrected chi connectivity index (χ3v) is 5.69. The molecule has 0 aliphatic heterocycles. The molecule has 0 saturated heterocycles. The number of rotatable bonds is 7. The number of benzene rings is 3. The summed E-state index contributed by atoms with van der Waals surface area (Å²) in [6.45, 7) is 0. The van der Waals surface area contributed by atoms with E-state index in [9.17, 15) is 19.8 Å². The summed E-state index contributed by atoms with van der Waals surface area (Å²) >= 11 is 4.59. The normalized spacial score (nSPS) is 13.5. The summed E-state index contributed by atoms with van der Waals surface area (Å²) in [7, 11) is 0. The lowest BCUT2D eigenvalue weighted by Gasteiger charge is -2.46. The van der Waals surface area contributed by atoms with Crippen molar-refractivity contribution in [3.63, 3.8) is 0 Å². The molecule has 0 heterocycles. The molecule has 1 unspecified atom stereocenters. The summed E-state index contributed by atoms with van der Waals surface area (Å²) < 4.78 is -1.94. The highest BCUT2D eigenvalue weighted by Gasteiger charge is 2.58. The molecule has 0 aliphatic rings. The highest BCUT2D eigenvalue weighted by atomic mass is 32.1. The molecule has 2 N–H and O–H groups in total. The summed E-state index contributed by atoms with van der Waals surface area (Å²) in [6, 6.07) is 27.3. The molecule has 0 amide bonds. The molecule has 0 spiro atoms. The Balaban J connectivity index is 2.51. The Morgan fingerprint density at radius 3 is 1.25 bits per heavy atom. The molecule has 0 aromatic heterocycles. The summed E-state index contributed by atoms with van der Waals surface area (Å²) in [5, 5.41) is 19.9. The fourth-order valence-corrected chi connectivity index (χ4v) is 4.39. The summed E-state index contributed by atoms with van der Waals surface area (Å²) in [6.07, 6.45) is -0.663. The third kappa shape index (κ3) is 3.18. The maximum Gasteiger partial charge on any atom is 0.321 e. The van der Waals surface area contributed by atoms with Gasteiger partial charge in [-0.05, 0) is 16.7 Å². The Kier molecular flexibility index (Phi) is 5.56. The van der Waals surface area contributed by atoms with Crippen molar-refractivity contribution < 1.29 is 19.8 Å². The van der Waals surface area contributed by atoms with E-state index in [2.05, 4.69) is 12.6 Å². The van der Waals surface area contributed by atoms with E-state index in [0.717, 1.165) is 0 Å². The minimum Gasteiger partial charge on any atom is -0.481 e. The van der Waals surface area contributed by atoms with Gasteiger partial charge >= 0.3 is 11.9 Å². The van der Waals surface area contributed by atoms with Crippen LogP contribution in [0.15, 0.2) is 91.0 Å². The molecule has 5 heteroatoms. The second-order valence-electron chi connectivity index (χ2n) is 6.58. The van der Waals surface area contributed by atoms with Gasteiger partial charge in [0.15, 0.2) is 0 Å². The van der Waals surface area contributed by atoms with E-state index < -0.39 is 28.5 Å². The lowest BCUT2D eigenvalue weighted by molar-refractivity contribution is -0.147. The molecule has 0 radical (unpaired) electrons. The van der Waals surface area contributed by atoms with Crippen molar-refractivity contribution in [3.8, 4) is 0 Å². The van der Waals surface area contributed by atoms with Gasteiger partial charge in [0.2, 0.25) is 0 Å². The molecular weight excluding hydrogens is 372 g/mol. The Hall–Kier alpha value is -3.05. The summed E-state index contributed by atoms with van der Waals surface area (Å²) in [5.74, 6) is -2.53. The van der Waals surface area contributed by atoms with Crippen molar-refractivity contribution in [1.29, 1.82) is 0 Å². The maximum absolute atomic E-state index is 12.6. The van der Waals surface area contributed by atoms with Gasteiger partial charge in [0.05, 0.1) is 11.8 Å². The number of hydrogen-bond donors (Lipinski definition) is 3. The zero-order chi connectivity index (χ0) is 20.2. The minimum absolute atomic E-state index is 0.658. The molecule has 3 aromatic carbocycles. The fourth-order valence-electron chi connectivity index (χ4n) is 3.87. The summed E-state index contributed by atoms with van der Waals surface area (Å²) in [4.78, 5) is 24.3. The second-order valence-corrected chi connectivity index (χ2v) is 7.35. The monoisotopic (exact) mass is 392 g/mol. The molecule has 142 valence electrons. The van der Waals surface area contributed by atoms with E-state index in [1.165, 1.54) is 0 Å². The van der Waals surface area contributed by atoms with E-state index in [1.54, 1.807) is 0 Å². The van der Waals surface area contributed by atoms with E-state index in [-0.39, 0.29) is 0 Å². The van der Waals surface area contributed by atoms with Gasteiger partial charge in [0, 0.05) is 0 Å². The quantitative estimate of drug-likeness (QED) is 0.415. The van der Waals surface area contributed by atoms with Crippen LogP contribution in [0.25, 0.3) is 0 Å². The molecule has 0 fully saturated rings. The van der Waals surface area contributed by atoms with Gasteiger partial charge in [-0.25, -0.2) is 0 Å². The van der Waals surface area contributed by atoms with E-state index in [0.29, 0.717) is 16.7 Å². The van der Waals surface area contributed by atoms with Crippen LogP contribution < -0.4 is 0 Å². The van der Waals surface area contributed by atoms with Gasteiger partial charge < -0.3 is 10.2 Å². The molecule has 28 heavy (non-hydrogen) atoms. The Bertz CT molecular complexity index is 861. The minimum atomic E-state index is -1.94. The van der Waals surface area contributed by atoms with Crippen molar-refractivity contribution in [2.75, 3.05) is 0 Å². The molecule has 3 aromatic rings. The fraction of sp³-hybridized carbons (Fsp3) is 0.130. The number of carboxylic acid groups (broad SMARTS) is 2. The zero-order valence-electron chi connectivity index (χ0n) is 15.0. The van der Waals surface area contributed by atoms with Crippen LogP contribution in [-0.2, 0) is 15.0 Å². The molecule has 4 nitrogen and oxygen atoms in total. The molecular formula is C23H20O4S. The van der Waals surface area contributed by atoms with Crippen LogP contribution in [0.5, 0.6) is 0 Å². The Morgan fingerprint density at radius 2 is 1.00 bits per heavy atom. The van der Waals surface area contributed by atoms with Crippen LogP contribution in [0.1, 0.15) is 23.1 Å². The van der Waals surface area contributed by atoms with Crippen LogP contribution in [-0.4, -0.2) is 26.9 Å². The van der Waals surface area contributed by atoms with Crippen LogP contribution in [0.3, 0.4) is 0 Å². The predicted molar refractivity (Wildman–Crippen MR) is 111 cm³/mol. The van der Waals surface area contributed by atoms with Crippen LogP contribution in [0.4, 0.5) is 0 Å². The average Bonchev–Trinajstić information content (AvgIpc) is 2.70. The van der Waals surface area contributed by atoms with Crippen LogP contribution in [0.2, 0.25) is 0 Å². The van der Waals surface area contributed by atoms with Gasteiger partial charge in [-0.1, -0.05) is 91.0 Å². The largest absolute Gasteiger partial charge is 0.481 e. The summed E-state index contributed by atoms with van der Waals surface area (Å²) in [5.41, 5.74) is 0.646. The number of carboxylic acids is 2. The second kappa shape index (κ2) is 7.90. The lowest BCUT2D eigenvalue weighted by Crippen LogP contribution is -2.55. The van der Waals surface area contributed by atoms with Gasteiger partial charge in [-0.2, -0.15) is 12.6 Å². The van der Waals surface area contributed by atoms with Crippen molar-refractivity contribution in [2.45, 2.75) is 16.6 Å².